The van der Waals surface area contributed by atoms with E-state index in [9.17, 15) is 9.59 Å². The van der Waals surface area contributed by atoms with Crippen molar-refractivity contribution in [3.63, 3.8) is 0 Å². The summed E-state index contributed by atoms with van der Waals surface area (Å²) in [5.41, 5.74) is 2.33. The van der Waals surface area contributed by atoms with Crippen molar-refractivity contribution in [2.24, 2.45) is 0 Å². The molecule has 0 bridgehead atoms. The molecule has 22 heavy (non-hydrogen) atoms. The highest BCUT2D eigenvalue weighted by molar-refractivity contribution is 6.14. The fourth-order valence-corrected chi connectivity index (χ4v) is 2.36. The Kier molecular flexibility index (Phi) is 3.97. The first-order chi connectivity index (χ1) is 10.8. The van der Waals surface area contributed by atoms with Crippen molar-refractivity contribution in [1.29, 1.82) is 0 Å². The minimum atomic E-state index is -0.0915. The minimum Gasteiger partial charge on any atom is -0.386 e. The van der Waals surface area contributed by atoms with E-state index in [0.717, 1.165) is 0 Å². The van der Waals surface area contributed by atoms with Crippen molar-refractivity contribution in [3.05, 3.63) is 95.2 Å². The predicted octanol–water partition coefficient (Wildman–Crippen LogP) is 3.17. The van der Waals surface area contributed by atoms with Gasteiger partial charge >= 0.3 is 0 Å². The van der Waals surface area contributed by atoms with Gasteiger partial charge in [0.05, 0.1) is 0 Å². The first-order valence-electron chi connectivity index (χ1n) is 7.09. The maximum absolute atomic E-state index is 12.5. The summed E-state index contributed by atoms with van der Waals surface area (Å²) in [5, 5.41) is 3.01. The lowest BCUT2D eigenvalue weighted by molar-refractivity contribution is 0.103. The Balaban J connectivity index is 1.86. The molecule has 3 heteroatoms. The summed E-state index contributed by atoms with van der Waals surface area (Å²) in [6.07, 6.45) is 3.35. The quantitative estimate of drug-likeness (QED) is 0.879. The Morgan fingerprint density at radius 1 is 0.773 bits per heavy atom. The Morgan fingerprint density at radius 3 is 1.91 bits per heavy atom. The molecule has 2 aromatic carbocycles. The highest BCUT2D eigenvalue weighted by atomic mass is 16.1. The van der Waals surface area contributed by atoms with Gasteiger partial charge in [-0.05, 0) is 6.08 Å². The molecule has 1 aliphatic rings. The molecular weight excluding hydrogens is 274 g/mol. The lowest BCUT2D eigenvalue weighted by Crippen LogP contribution is -2.22. The molecule has 0 spiro atoms. The standard InChI is InChI=1S/C19H15NO2/c21-18(14-7-3-1-4-8-14)16-11-17(13-20-12-16)19(22)15-9-5-2-6-10-15/h1-12,20H,13H2. The molecule has 0 fully saturated rings. The van der Waals surface area contributed by atoms with Crippen LogP contribution in [0.25, 0.3) is 0 Å². The van der Waals surface area contributed by atoms with Crippen LogP contribution >= 0.6 is 0 Å². The zero-order chi connectivity index (χ0) is 15.4. The van der Waals surface area contributed by atoms with Crippen LogP contribution in [0.15, 0.2) is 84.1 Å². The number of hydrogen-bond donors (Lipinski definition) is 1. The Hall–Kier alpha value is -2.94. The molecule has 2 aromatic rings. The number of rotatable bonds is 4. The van der Waals surface area contributed by atoms with Gasteiger partial charge in [0.2, 0.25) is 0 Å². The van der Waals surface area contributed by atoms with E-state index in [-0.39, 0.29) is 11.6 Å². The van der Waals surface area contributed by atoms with Crippen LogP contribution in [0.3, 0.4) is 0 Å². The maximum atomic E-state index is 12.5. The number of allylic oxidation sites excluding steroid dienone is 2. The van der Waals surface area contributed by atoms with E-state index in [4.69, 9.17) is 0 Å². The second-order valence-electron chi connectivity index (χ2n) is 5.04. The summed E-state index contributed by atoms with van der Waals surface area (Å²) in [7, 11) is 0. The highest BCUT2D eigenvalue weighted by Crippen LogP contribution is 2.17. The molecule has 0 saturated heterocycles. The van der Waals surface area contributed by atoms with Gasteiger partial charge in [0, 0.05) is 35.0 Å². The Morgan fingerprint density at radius 2 is 1.32 bits per heavy atom. The van der Waals surface area contributed by atoms with Crippen molar-refractivity contribution in [3.8, 4) is 0 Å². The van der Waals surface area contributed by atoms with Gasteiger partial charge < -0.3 is 5.32 Å². The topological polar surface area (TPSA) is 46.2 Å². The van der Waals surface area contributed by atoms with E-state index in [1.165, 1.54) is 0 Å². The lowest BCUT2D eigenvalue weighted by atomic mass is 9.96. The second kappa shape index (κ2) is 6.22. The zero-order valence-corrected chi connectivity index (χ0v) is 12.0. The average Bonchev–Trinajstić information content (AvgIpc) is 2.62. The molecule has 3 nitrogen and oxygen atoms in total. The predicted molar refractivity (Wildman–Crippen MR) is 85.7 cm³/mol. The van der Waals surface area contributed by atoms with Crippen LogP contribution in [0.2, 0.25) is 0 Å². The monoisotopic (exact) mass is 289 g/mol. The first-order valence-corrected chi connectivity index (χ1v) is 7.09. The van der Waals surface area contributed by atoms with Crippen LogP contribution in [0.4, 0.5) is 0 Å². The third-order valence-electron chi connectivity index (χ3n) is 3.51. The number of Topliss-reactive ketones (excluding diaryl/α,β-unsaturated/α-hetero) is 2. The highest BCUT2D eigenvalue weighted by Gasteiger charge is 2.18. The number of dihydropyridines is 1. The van der Waals surface area contributed by atoms with Crippen molar-refractivity contribution in [2.75, 3.05) is 6.54 Å². The van der Waals surface area contributed by atoms with Crippen molar-refractivity contribution >= 4 is 11.6 Å². The minimum absolute atomic E-state index is 0.0560. The number of nitrogens with one attached hydrogen (secondary N) is 1. The zero-order valence-electron chi connectivity index (χ0n) is 12.0. The van der Waals surface area contributed by atoms with Crippen LogP contribution in [0.1, 0.15) is 20.7 Å². The summed E-state index contributed by atoms with van der Waals surface area (Å²) in [6.45, 7) is 0.430. The third-order valence-corrected chi connectivity index (χ3v) is 3.51. The van der Waals surface area contributed by atoms with E-state index in [1.807, 2.05) is 36.4 Å². The number of benzene rings is 2. The van der Waals surface area contributed by atoms with Gasteiger partial charge in [-0.1, -0.05) is 60.7 Å². The number of ketones is 2. The van der Waals surface area contributed by atoms with Gasteiger partial charge in [-0.3, -0.25) is 9.59 Å². The first kappa shape index (κ1) is 14.0. The molecule has 0 unspecified atom stereocenters. The molecule has 0 atom stereocenters. The molecule has 0 aliphatic carbocycles. The average molecular weight is 289 g/mol. The van der Waals surface area contributed by atoms with Gasteiger partial charge in [0.25, 0.3) is 0 Å². The number of carbonyl (C=O) groups is 2. The third kappa shape index (κ3) is 2.88. The van der Waals surface area contributed by atoms with E-state index < -0.39 is 0 Å². The van der Waals surface area contributed by atoms with Crippen LogP contribution in [-0.4, -0.2) is 18.1 Å². The van der Waals surface area contributed by atoms with Gasteiger partial charge in [-0.15, -0.1) is 0 Å². The molecule has 0 saturated carbocycles. The molecule has 1 N–H and O–H groups in total. The van der Waals surface area contributed by atoms with E-state index in [0.29, 0.717) is 28.8 Å². The second-order valence-corrected chi connectivity index (χ2v) is 5.04. The van der Waals surface area contributed by atoms with Gasteiger partial charge in [0.15, 0.2) is 11.6 Å². The van der Waals surface area contributed by atoms with Crippen molar-refractivity contribution in [1.82, 2.24) is 5.32 Å². The van der Waals surface area contributed by atoms with Gasteiger partial charge in [-0.25, -0.2) is 0 Å². The smallest absolute Gasteiger partial charge is 0.194 e. The Labute approximate surface area is 129 Å². The number of hydrogen-bond acceptors (Lipinski definition) is 3. The summed E-state index contributed by atoms with van der Waals surface area (Å²) in [5.74, 6) is -0.147. The van der Waals surface area contributed by atoms with Crippen LogP contribution in [-0.2, 0) is 0 Å². The summed E-state index contributed by atoms with van der Waals surface area (Å²) in [4.78, 5) is 24.9. The van der Waals surface area contributed by atoms with E-state index >= 15 is 0 Å². The molecule has 1 aliphatic heterocycles. The van der Waals surface area contributed by atoms with Gasteiger partial charge in [-0.2, -0.15) is 0 Å². The molecular formula is C19H15NO2. The van der Waals surface area contributed by atoms with Gasteiger partial charge in [0.1, 0.15) is 0 Å². The fourth-order valence-electron chi connectivity index (χ4n) is 2.36. The lowest BCUT2D eigenvalue weighted by Gasteiger charge is -2.14. The maximum Gasteiger partial charge on any atom is 0.194 e. The van der Waals surface area contributed by atoms with Crippen LogP contribution < -0.4 is 5.32 Å². The SMILES string of the molecule is O=C(C1=CNCC(C(=O)c2ccccc2)=C1)c1ccccc1. The molecule has 3 rings (SSSR count). The molecule has 0 radical (unpaired) electrons. The normalized spacial score (nSPS) is 13.6. The van der Waals surface area contributed by atoms with E-state index in [2.05, 4.69) is 5.32 Å². The Bertz CT molecular complexity index is 759. The molecule has 0 amide bonds. The molecule has 0 aromatic heterocycles. The van der Waals surface area contributed by atoms with Crippen molar-refractivity contribution < 1.29 is 9.59 Å². The largest absolute Gasteiger partial charge is 0.386 e. The van der Waals surface area contributed by atoms with Crippen LogP contribution in [0, 0.1) is 0 Å². The fraction of sp³-hybridized carbons (Fsp3) is 0.0526. The molecule has 108 valence electrons. The number of carbonyl (C=O) groups excluding carboxylic acids is 2. The van der Waals surface area contributed by atoms with Crippen molar-refractivity contribution in [2.45, 2.75) is 0 Å². The summed E-state index contributed by atoms with van der Waals surface area (Å²) >= 11 is 0. The van der Waals surface area contributed by atoms with E-state index in [1.54, 1.807) is 36.5 Å². The van der Waals surface area contributed by atoms with Crippen LogP contribution in [0.5, 0.6) is 0 Å². The summed E-state index contributed by atoms with van der Waals surface area (Å²) in [6, 6.07) is 18.1. The summed E-state index contributed by atoms with van der Waals surface area (Å²) < 4.78 is 0. The molecule has 1 heterocycles.